The molecule has 13 aromatic carbocycles. The van der Waals surface area contributed by atoms with Gasteiger partial charge in [-0.05, 0) is 250 Å². The van der Waals surface area contributed by atoms with E-state index in [9.17, 15) is 91.5 Å². The van der Waals surface area contributed by atoms with Crippen molar-refractivity contribution in [1.29, 1.82) is 0 Å². The largest absolute Gasteiger partial charge is 0.478 e. The number of nitrogens with one attached hydrogen (secondary N) is 3. The zero-order valence-electron chi connectivity index (χ0n) is 83.4. The fourth-order valence-electron chi connectivity index (χ4n) is 15.5. The number of carbonyl (C=O) groups excluding carboxylic acids is 6. The predicted octanol–water partition coefficient (Wildman–Crippen LogP) is 24.5. The number of rotatable bonds is 41. The number of halogens is 1. The van der Waals surface area contributed by atoms with Crippen molar-refractivity contribution in [1.82, 2.24) is 4.31 Å². The molecular weight excluding hydrogens is 1890 g/mol. The van der Waals surface area contributed by atoms with E-state index in [1.807, 2.05) is 122 Å². The third-order valence-corrected chi connectivity index (χ3v) is 25.5. The molecule has 0 unspecified atom stereocenters. The van der Waals surface area contributed by atoms with E-state index < -0.39 is 63.6 Å². The number of aliphatic hydroxyl groups is 1. The van der Waals surface area contributed by atoms with Gasteiger partial charge in [-0.25, -0.2) is 41.5 Å². The van der Waals surface area contributed by atoms with Gasteiger partial charge in [0.25, 0.3) is 17.7 Å². The summed E-state index contributed by atoms with van der Waals surface area (Å²) in [5.41, 5.74) is 16.0. The molecule has 0 radical (unpaired) electrons. The van der Waals surface area contributed by atoms with Crippen molar-refractivity contribution in [3.63, 3.8) is 0 Å². The van der Waals surface area contributed by atoms with Gasteiger partial charge in [0.1, 0.15) is 0 Å². The second kappa shape index (κ2) is 58.7. The number of benzene rings is 13. The normalized spacial score (nSPS) is 10.6. The van der Waals surface area contributed by atoms with Crippen molar-refractivity contribution in [2.45, 2.75) is 177 Å². The number of amides is 3. The summed E-state index contributed by atoms with van der Waals surface area (Å²) in [4.78, 5) is 143. The van der Waals surface area contributed by atoms with Crippen molar-refractivity contribution in [3.8, 4) is 0 Å². The highest BCUT2D eigenvalue weighted by Crippen LogP contribution is 2.27. The van der Waals surface area contributed by atoms with Gasteiger partial charge in [-0.15, -0.1) is 0 Å². The maximum Gasteiger partial charge on any atom is 0.336 e. The molecule has 0 bridgehead atoms. The van der Waals surface area contributed by atoms with E-state index in [4.69, 9.17) is 21.8 Å². The van der Waals surface area contributed by atoms with E-state index in [-0.39, 0.29) is 122 Å². The van der Waals surface area contributed by atoms with Crippen LogP contribution in [0.15, 0.2) is 291 Å². The van der Waals surface area contributed by atoms with Gasteiger partial charge in [0.05, 0.1) is 55.8 Å². The van der Waals surface area contributed by atoms with Crippen LogP contribution < -0.4 is 16.0 Å². The Morgan fingerprint density at radius 2 is 0.623 bits per heavy atom. The van der Waals surface area contributed by atoms with Crippen LogP contribution >= 0.6 is 11.6 Å². The van der Waals surface area contributed by atoms with E-state index in [0.717, 1.165) is 117 Å². The van der Waals surface area contributed by atoms with Gasteiger partial charge < -0.3 is 51.7 Å². The third kappa shape index (κ3) is 36.9. The number of aliphatic hydroxyl groups excluding tert-OH is 1. The quantitative estimate of drug-likeness (QED) is 0.0159. The number of sulfonamides is 1. The van der Waals surface area contributed by atoms with E-state index in [0.29, 0.717) is 50.8 Å². The Bertz CT molecular complexity index is 6590. The summed E-state index contributed by atoms with van der Waals surface area (Å²) < 4.78 is 26.6. The minimum atomic E-state index is -3.50. The number of nitrogens with zero attached hydrogens (tertiary/aromatic N) is 1. The number of hydrogen-bond donors (Lipinski definition) is 10. The Kier molecular flexibility index (Phi) is 46.5. The molecule has 0 saturated heterocycles. The number of carbonyl (C=O) groups is 12. The molecule has 760 valence electrons. The minimum absolute atomic E-state index is 0.0120. The zero-order chi connectivity index (χ0) is 107. The highest BCUT2D eigenvalue weighted by atomic mass is 35.5. The van der Waals surface area contributed by atoms with Crippen molar-refractivity contribution in [3.05, 3.63) is 441 Å². The van der Waals surface area contributed by atoms with Crippen LogP contribution in [0.5, 0.6) is 0 Å². The number of hydrogen-bond acceptors (Lipinski definition) is 15. The van der Waals surface area contributed by atoms with Crippen LogP contribution in [0.1, 0.15) is 288 Å². The second-order valence-electron chi connectivity index (χ2n) is 35.1. The van der Waals surface area contributed by atoms with Crippen LogP contribution in [0.4, 0.5) is 17.1 Å². The fourth-order valence-corrected chi connectivity index (χ4v) is 16.8. The lowest BCUT2D eigenvalue weighted by atomic mass is 9.95. The number of carboxylic acids is 6. The van der Waals surface area contributed by atoms with Crippen molar-refractivity contribution in [2.24, 2.45) is 0 Å². The number of aryl methyl sites for hydroxylation is 9. The van der Waals surface area contributed by atoms with Crippen LogP contribution in [-0.4, -0.2) is 133 Å². The molecule has 10 N–H and O–H groups in total. The molecule has 13 rings (SSSR count). The highest BCUT2D eigenvalue weighted by Gasteiger charge is 2.26. The average molecular weight is 2010 g/mol. The topological polar surface area (TPSA) is 420 Å². The Balaban J connectivity index is 0.000000215. The standard InChI is InChI=1S/C24H23NO5S.2C20H22O3.C19H21NO3.C18H18ClNO3.C18H19NO4/c1-25(31(29,30)17-18-8-3-2-4-9-18)16-20-11-7-10-19(14-20)15-23(26)21-12-5-6-13-22(21)24(27)28;1-3-4-7-15-9-11-16(12-10-15)13-18(21)17-8-5-6-14(2)19(17)20(22)23;1-3-4-5-15-7-9-16(10-8-15)13-19(21)18-12-14(2)6-11-17(18)20(22)23;1-3-4-7-14-9-11-15(12-10-14)20-18(21)17-13(2)6-5-8-16(17)19(22)23;1-2-3-4-12-5-8-14(9-6-12)20-17(21)16-11-13(19)7-10-15(16)18(22)23;1-12-4-9-15(16(11-12)18(22)23)17(21)19-14-7-5-13(6-8-14)3-2-10-20/h2-14H,15-17H2,1H3,(H,27,28);5-6,8-12H,3-4,7,13H2,1-2H3,(H,22,23);6-12H,3-5,13H2,1-2H3,(H,22,23);5-6,8-12H,3-4,7H2,1-2H3,(H,20,21)(H,22,23);5-11H,2-4H2,1H3,(H,20,21)(H,22,23);4-9,11,20H,2-3,10H2,1H3,(H,19,21)(H,22,23). The summed E-state index contributed by atoms with van der Waals surface area (Å²) in [6.07, 6.45) is 15.2. The smallest absolute Gasteiger partial charge is 0.336 e. The monoisotopic (exact) mass is 2010 g/mol. The number of carboxylic acid groups (broad SMARTS) is 6. The number of aromatic carboxylic acids is 6. The minimum Gasteiger partial charge on any atom is -0.478 e. The first-order chi connectivity index (χ1) is 69.8. The van der Waals surface area contributed by atoms with Crippen molar-refractivity contribution >= 4 is 110 Å². The lowest BCUT2D eigenvalue weighted by molar-refractivity contribution is 0.0682. The molecule has 3 amide bonds. The van der Waals surface area contributed by atoms with Crippen LogP contribution in [0.2, 0.25) is 5.02 Å². The van der Waals surface area contributed by atoms with E-state index in [2.05, 4.69) is 43.6 Å². The van der Waals surface area contributed by atoms with Crippen LogP contribution in [0.25, 0.3) is 0 Å². The van der Waals surface area contributed by atoms with E-state index >= 15 is 0 Å². The SMILES string of the molecule is CCCCc1ccc(CC(=O)c2cc(C)ccc2C(=O)O)cc1.CCCCc1ccc(CC(=O)c2cccc(C)c2C(=O)O)cc1.CCCCc1ccc(NC(=O)c2c(C)cccc2C(=O)O)cc1.CCCCc1ccc(NC(=O)c2cc(Cl)ccc2C(=O)O)cc1.CN(Cc1cccc(CC(=O)c2ccccc2C(=O)O)c1)S(=O)(=O)Cc1ccccc1.Cc1ccc(C(=O)Nc2ccc(CCCO)cc2)c(C(=O)O)c1. The van der Waals surface area contributed by atoms with Crippen molar-refractivity contribution < 1.29 is 102 Å². The molecule has 25 nitrogen and oxygen atoms in total. The predicted molar refractivity (Wildman–Crippen MR) is 571 cm³/mol. The van der Waals surface area contributed by atoms with Crippen molar-refractivity contribution in [2.75, 3.05) is 29.6 Å². The molecule has 0 aromatic heterocycles. The highest BCUT2D eigenvalue weighted by molar-refractivity contribution is 7.88. The lowest BCUT2D eigenvalue weighted by Gasteiger charge is -2.18. The van der Waals surface area contributed by atoms with Gasteiger partial charge in [-0.3, -0.25) is 28.8 Å². The van der Waals surface area contributed by atoms with Gasteiger partial charge in [0, 0.05) is 78.2 Å². The molecule has 0 aliphatic heterocycles. The number of anilines is 3. The molecule has 0 aliphatic rings. The van der Waals surface area contributed by atoms with Crippen LogP contribution in [0.3, 0.4) is 0 Å². The van der Waals surface area contributed by atoms with Gasteiger partial charge in [-0.2, -0.15) is 0 Å². The number of unbranched alkanes of at least 4 members (excludes halogenated alkanes) is 4. The Morgan fingerprint density at radius 3 is 1.08 bits per heavy atom. The van der Waals surface area contributed by atoms with E-state index in [1.54, 1.807) is 142 Å². The first-order valence-corrected chi connectivity index (χ1v) is 50.1. The lowest BCUT2D eigenvalue weighted by Crippen LogP contribution is -2.27. The van der Waals surface area contributed by atoms with Gasteiger partial charge in [0.15, 0.2) is 17.3 Å². The maximum atomic E-state index is 12.7. The summed E-state index contributed by atoms with van der Waals surface area (Å²) in [5, 5.41) is 72.8. The second-order valence-corrected chi connectivity index (χ2v) is 37.6. The molecule has 0 fully saturated rings. The van der Waals surface area contributed by atoms with E-state index in [1.165, 1.54) is 88.2 Å². The molecule has 27 heteroatoms. The Labute approximate surface area is 857 Å². The molecule has 146 heavy (non-hydrogen) atoms. The molecule has 0 spiro atoms. The zero-order valence-corrected chi connectivity index (χ0v) is 85.0. The summed E-state index contributed by atoms with van der Waals surface area (Å²) >= 11 is 5.86. The Morgan fingerprint density at radius 1 is 0.288 bits per heavy atom. The van der Waals surface area contributed by atoms with Gasteiger partial charge in [-0.1, -0.05) is 276 Å². The first-order valence-electron chi connectivity index (χ1n) is 48.2. The molecular formula is C119H125ClN4O21S. The van der Waals surface area contributed by atoms with Gasteiger partial charge in [0.2, 0.25) is 10.0 Å². The Hall–Kier alpha value is -15.7. The molecule has 0 heterocycles. The number of ketones is 3. The molecule has 0 atom stereocenters. The summed E-state index contributed by atoms with van der Waals surface area (Å²) in [6, 6.07) is 84.2. The molecule has 0 saturated carbocycles. The van der Waals surface area contributed by atoms with Gasteiger partial charge >= 0.3 is 35.8 Å². The summed E-state index contributed by atoms with van der Waals surface area (Å²) in [5.74, 6) is -8.73. The van der Waals surface area contributed by atoms with Crippen LogP contribution in [0, 0.1) is 27.7 Å². The average Bonchev–Trinajstić information content (AvgIpc) is 0.861. The third-order valence-electron chi connectivity index (χ3n) is 23.5. The first kappa shape index (κ1) is 116. The number of Topliss-reactive ketones (excluding diaryl/α,β-unsaturated/α-hetero) is 3. The summed E-state index contributed by atoms with van der Waals surface area (Å²) in [7, 11) is -1.98. The molecule has 13 aromatic rings. The maximum absolute atomic E-state index is 12.7. The fraction of sp³-hybridized carbons (Fsp3) is 0.244. The van der Waals surface area contributed by atoms with Crippen LogP contribution in [-0.2, 0) is 73.7 Å². The summed E-state index contributed by atoms with van der Waals surface area (Å²) in [6.45, 7) is 16.0. The molecule has 0 aliphatic carbocycles.